The second-order valence-corrected chi connectivity index (χ2v) is 7.05. The van der Waals surface area contributed by atoms with Crippen LogP contribution in [0.2, 0.25) is 0 Å². The van der Waals surface area contributed by atoms with Gasteiger partial charge in [0.05, 0.1) is 20.3 Å². The summed E-state index contributed by atoms with van der Waals surface area (Å²) in [5, 5.41) is 17.0. The Morgan fingerprint density at radius 2 is 1.77 bits per heavy atom. The van der Waals surface area contributed by atoms with Crippen LogP contribution in [0.3, 0.4) is 0 Å². The van der Waals surface area contributed by atoms with Gasteiger partial charge in [0.2, 0.25) is 0 Å². The molecule has 2 unspecified atom stereocenters. The number of hydrogen-bond donors (Lipinski definition) is 3. The zero-order valence-corrected chi connectivity index (χ0v) is 20.8. The van der Waals surface area contributed by atoms with Crippen LogP contribution >= 0.6 is 24.0 Å². The van der Waals surface area contributed by atoms with Gasteiger partial charge in [0.1, 0.15) is 0 Å². The van der Waals surface area contributed by atoms with Crippen LogP contribution in [0.4, 0.5) is 0 Å². The molecule has 7 heteroatoms. The summed E-state index contributed by atoms with van der Waals surface area (Å²) >= 11 is 0. The number of methoxy groups -OCH3 is 2. The number of benzene rings is 2. The average Bonchev–Trinajstić information content (AvgIpc) is 2.74. The number of nitrogens with zero attached hydrogens (tertiary/aromatic N) is 1. The number of hydrogen-bond acceptors (Lipinski definition) is 4. The lowest BCUT2D eigenvalue weighted by atomic mass is 10.00. The first kappa shape index (κ1) is 26.0. The first-order valence-corrected chi connectivity index (χ1v) is 9.97. The highest BCUT2D eigenvalue weighted by molar-refractivity contribution is 14.0. The van der Waals surface area contributed by atoms with E-state index >= 15 is 0 Å². The second-order valence-electron chi connectivity index (χ2n) is 7.05. The molecule has 0 aromatic heterocycles. The molecule has 30 heavy (non-hydrogen) atoms. The van der Waals surface area contributed by atoms with E-state index in [0.29, 0.717) is 36.5 Å². The highest BCUT2D eigenvalue weighted by Crippen LogP contribution is 2.29. The van der Waals surface area contributed by atoms with Crippen LogP contribution in [-0.2, 0) is 0 Å². The van der Waals surface area contributed by atoms with Gasteiger partial charge in [0.25, 0.3) is 0 Å². The largest absolute Gasteiger partial charge is 0.493 e. The van der Waals surface area contributed by atoms with E-state index in [1.165, 1.54) is 11.1 Å². The molecule has 0 saturated carbocycles. The molecule has 0 spiro atoms. The highest BCUT2D eigenvalue weighted by atomic mass is 127. The van der Waals surface area contributed by atoms with Crippen molar-refractivity contribution in [2.24, 2.45) is 4.99 Å². The van der Waals surface area contributed by atoms with Crippen molar-refractivity contribution in [2.75, 3.05) is 33.9 Å². The fraction of sp³-hybridized carbons (Fsp3) is 0.435. The summed E-state index contributed by atoms with van der Waals surface area (Å²) < 4.78 is 10.6. The molecule has 2 atom stereocenters. The predicted octanol–water partition coefficient (Wildman–Crippen LogP) is 4.02. The van der Waals surface area contributed by atoms with Crippen LogP contribution in [0.5, 0.6) is 11.5 Å². The van der Waals surface area contributed by atoms with Crippen LogP contribution in [0.1, 0.15) is 42.6 Å². The van der Waals surface area contributed by atoms with Gasteiger partial charge in [0.15, 0.2) is 17.5 Å². The number of aliphatic hydroxyl groups is 1. The molecule has 0 bridgehead atoms. The number of guanidine groups is 1. The van der Waals surface area contributed by atoms with Crippen molar-refractivity contribution in [3.8, 4) is 11.5 Å². The Morgan fingerprint density at radius 3 is 2.40 bits per heavy atom. The Bertz CT molecular complexity index is 814. The fourth-order valence-corrected chi connectivity index (χ4v) is 3.02. The minimum Gasteiger partial charge on any atom is -0.493 e. The SMILES string of the molecule is CCNC(=NCC(C)c1cccc(C)c1)NCC(O)c1ccc(OC)c(OC)c1.I. The summed E-state index contributed by atoms with van der Waals surface area (Å²) in [6, 6.07) is 13.9. The number of aliphatic imine (C=N–C) groups is 1. The summed E-state index contributed by atoms with van der Waals surface area (Å²) in [5.41, 5.74) is 3.27. The first-order valence-electron chi connectivity index (χ1n) is 9.97. The maximum Gasteiger partial charge on any atom is 0.191 e. The molecule has 2 aromatic rings. The highest BCUT2D eigenvalue weighted by Gasteiger charge is 2.13. The molecule has 0 aliphatic rings. The van der Waals surface area contributed by atoms with E-state index in [1.807, 2.05) is 13.0 Å². The maximum absolute atomic E-state index is 10.6. The summed E-state index contributed by atoms with van der Waals surface area (Å²) in [6.07, 6.45) is -0.701. The fourth-order valence-electron chi connectivity index (χ4n) is 3.02. The standard InChI is InChI=1S/C23H33N3O3.HI/c1-6-24-23(25-14-17(3)18-9-7-8-16(2)12-18)26-15-20(27)19-10-11-21(28-4)22(13-19)29-5;/h7-13,17,20,27H,6,14-15H2,1-5H3,(H2,24,25,26);1H. The van der Waals surface area contributed by atoms with Gasteiger partial charge in [0, 0.05) is 25.6 Å². The molecule has 6 nitrogen and oxygen atoms in total. The van der Waals surface area contributed by atoms with Crippen LogP contribution in [-0.4, -0.2) is 44.9 Å². The van der Waals surface area contributed by atoms with E-state index in [9.17, 15) is 5.11 Å². The van der Waals surface area contributed by atoms with Crippen molar-refractivity contribution < 1.29 is 14.6 Å². The van der Waals surface area contributed by atoms with Gasteiger partial charge in [-0.25, -0.2) is 0 Å². The smallest absolute Gasteiger partial charge is 0.191 e. The average molecular weight is 527 g/mol. The van der Waals surface area contributed by atoms with Crippen molar-refractivity contribution in [1.82, 2.24) is 10.6 Å². The van der Waals surface area contributed by atoms with E-state index in [-0.39, 0.29) is 24.0 Å². The molecule has 0 radical (unpaired) electrons. The van der Waals surface area contributed by atoms with Crippen molar-refractivity contribution in [3.63, 3.8) is 0 Å². The lowest BCUT2D eigenvalue weighted by molar-refractivity contribution is 0.180. The monoisotopic (exact) mass is 527 g/mol. The maximum atomic E-state index is 10.6. The van der Waals surface area contributed by atoms with Gasteiger partial charge < -0.3 is 25.2 Å². The second kappa shape index (κ2) is 13.3. The Morgan fingerprint density at radius 1 is 1.03 bits per heavy atom. The zero-order valence-electron chi connectivity index (χ0n) is 18.4. The third-order valence-corrected chi connectivity index (χ3v) is 4.73. The molecule has 0 saturated heterocycles. The first-order chi connectivity index (χ1) is 14.0. The number of nitrogens with one attached hydrogen (secondary N) is 2. The van der Waals surface area contributed by atoms with Crippen LogP contribution in [0.15, 0.2) is 47.5 Å². The van der Waals surface area contributed by atoms with Gasteiger partial charge in [-0.3, -0.25) is 4.99 Å². The van der Waals surface area contributed by atoms with Crippen molar-refractivity contribution in [3.05, 3.63) is 59.2 Å². The molecule has 2 aromatic carbocycles. The quantitative estimate of drug-likeness (QED) is 0.261. The molecule has 0 aliphatic carbocycles. The summed E-state index contributed by atoms with van der Waals surface area (Å²) in [5.74, 6) is 2.22. The Balaban J connectivity index is 0.00000450. The van der Waals surface area contributed by atoms with Gasteiger partial charge in [-0.05, 0) is 37.1 Å². The Hall–Kier alpha value is -2.00. The topological polar surface area (TPSA) is 75.1 Å². The van der Waals surface area contributed by atoms with Gasteiger partial charge in [-0.2, -0.15) is 0 Å². The lowest BCUT2D eigenvalue weighted by Gasteiger charge is -2.18. The molecule has 0 aliphatic heterocycles. The van der Waals surface area contributed by atoms with Crippen molar-refractivity contribution in [2.45, 2.75) is 32.8 Å². The minimum atomic E-state index is -0.701. The van der Waals surface area contributed by atoms with Gasteiger partial charge in [-0.1, -0.05) is 42.8 Å². The number of aryl methyl sites for hydroxylation is 1. The number of ether oxygens (including phenoxy) is 2. The molecule has 0 heterocycles. The molecule has 3 N–H and O–H groups in total. The summed E-state index contributed by atoms with van der Waals surface area (Å²) in [7, 11) is 3.17. The summed E-state index contributed by atoms with van der Waals surface area (Å²) in [6.45, 7) is 8.02. The number of aliphatic hydroxyl groups excluding tert-OH is 1. The molecule has 166 valence electrons. The van der Waals surface area contributed by atoms with Crippen LogP contribution in [0, 0.1) is 6.92 Å². The number of halogens is 1. The van der Waals surface area contributed by atoms with E-state index in [4.69, 9.17) is 9.47 Å². The van der Waals surface area contributed by atoms with Crippen molar-refractivity contribution in [1.29, 1.82) is 0 Å². The lowest BCUT2D eigenvalue weighted by Crippen LogP contribution is -2.39. The van der Waals surface area contributed by atoms with Crippen LogP contribution in [0.25, 0.3) is 0 Å². The van der Waals surface area contributed by atoms with E-state index in [0.717, 1.165) is 12.1 Å². The minimum absolute atomic E-state index is 0. The normalized spacial score (nSPS) is 13.1. The van der Waals surface area contributed by atoms with E-state index < -0.39 is 6.10 Å². The van der Waals surface area contributed by atoms with Gasteiger partial charge in [-0.15, -0.1) is 24.0 Å². The Kier molecular flexibility index (Phi) is 11.6. The predicted molar refractivity (Wildman–Crippen MR) is 133 cm³/mol. The Labute approximate surface area is 197 Å². The molecular weight excluding hydrogens is 493 g/mol. The number of rotatable bonds is 9. The molecular formula is C23H34IN3O3. The molecule has 2 rings (SSSR count). The van der Waals surface area contributed by atoms with Crippen molar-refractivity contribution >= 4 is 29.9 Å². The van der Waals surface area contributed by atoms with E-state index in [1.54, 1.807) is 26.4 Å². The molecule has 0 fully saturated rings. The third kappa shape index (κ3) is 7.68. The molecule has 0 amide bonds. The van der Waals surface area contributed by atoms with Crippen LogP contribution < -0.4 is 20.1 Å². The van der Waals surface area contributed by atoms with Gasteiger partial charge >= 0.3 is 0 Å². The summed E-state index contributed by atoms with van der Waals surface area (Å²) in [4.78, 5) is 4.68. The zero-order chi connectivity index (χ0) is 21.2. The van der Waals surface area contributed by atoms with E-state index in [2.05, 4.69) is 53.7 Å². The third-order valence-electron chi connectivity index (χ3n) is 4.73.